The van der Waals surface area contributed by atoms with E-state index in [9.17, 15) is 19.5 Å². The number of ketones is 2. The van der Waals surface area contributed by atoms with Crippen LogP contribution in [0.3, 0.4) is 0 Å². The Morgan fingerprint density at radius 1 is 1.24 bits per heavy atom. The second-order valence-electron chi connectivity index (χ2n) is 10.1. The van der Waals surface area contributed by atoms with Crippen molar-refractivity contribution >= 4 is 17.5 Å². The first kappa shape index (κ1) is 20.5. The Kier molecular flexibility index (Phi) is 4.69. The van der Waals surface area contributed by atoms with Crippen LogP contribution in [0, 0.1) is 28.6 Å². The first-order valence-corrected chi connectivity index (χ1v) is 10.9. The Labute approximate surface area is 172 Å². The number of allylic oxidation sites excluding steroid dienone is 4. The smallest absolute Gasteiger partial charge is 0.303 e. The fraction of sp³-hybridized carbons (Fsp3) is 0.708. The van der Waals surface area contributed by atoms with Gasteiger partial charge in [-0.25, -0.2) is 0 Å². The van der Waals surface area contributed by atoms with E-state index in [1.54, 1.807) is 0 Å². The van der Waals surface area contributed by atoms with Crippen LogP contribution < -0.4 is 0 Å². The van der Waals surface area contributed by atoms with E-state index in [0.29, 0.717) is 31.1 Å². The summed E-state index contributed by atoms with van der Waals surface area (Å²) in [5.74, 6) is 0.192. The summed E-state index contributed by atoms with van der Waals surface area (Å²) in [4.78, 5) is 36.1. The van der Waals surface area contributed by atoms with Crippen molar-refractivity contribution < 1.29 is 24.2 Å². The highest BCUT2D eigenvalue weighted by molar-refractivity contribution is 5.92. The Hall–Kier alpha value is -1.75. The third kappa shape index (κ3) is 2.80. The average molecular weight is 401 g/mol. The van der Waals surface area contributed by atoms with Crippen LogP contribution in [0.5, 0.6) is 0 Å². The molecule has 0 aromatic carbocycles. The minimum Gasteiger partial charge on any atom is -0.458 e. The number of rotatable bonds is 3. The highest BCUT2D eigenvalue weighted by Gasteiger charge is 2.64. The van der Waals surface area contributed by atoms with Gasteiger partial charge in [0.2, 0.25) is 5.78 Å². The van der Waals surface area contributed by atoms with E-state index in [4.69, 9.17) is 4.74 Å². The van der Waals surface area contributed by atoms with Crippen molar-refractivity contribution in [1.29, 1.82) is 0 Å². The number of esters is 1. The van der Waals surface area contributed by atoms with Gasteiger partial charge in [0.15, 0.2) is 12.4 Å². The van der Waals surface area contributed by atoms with E-state index >= 15 is 0 Å². The molecule has 158 valence electrons. The van der Waals surface area contributed by atoms with Gasteiger partial charge < -0.3 is 9.84 Å². The number of fused-ring (bicyclic) bond motifs is 5. The van der Waals surface area contributed by atoms with Crippen molar-refractivity contribution in [2.45, 2.75) is 71.8 Å². The van der Waals surface area contributed by atoms with Gasteiger partial charge in [-0.1, -0.05) is 38.0 Å². The number of Topliss-reactive ketones (excluding diaryl/α,β-unsaturated/α-hetero) is 1. The van der Waals surface area contributed by atoms with Gasteiger partial charge in [-0.15, -0.1) is 0 Å². The largest absolute Gasteiger partial charge is 0.458 e. The van der Waals surface area contributed by atoms with Gasteiger partial charge >= 0.3 is 5.97 Å². The molecule has 2 fully saturated rings. The maximum atomic E-state index is 12.9. The standard InChI is InChI=1S/C24H32O5/c1-14-11-17-18(22(3)8-5-16(26)12-20(14)22)6-9-23(4)19(17)7-10-24(23,28)21(27)13-29-15(2)25/h6,12,14,17,19,28H,5,7-11,13H2,1-4H3/t14-,17+,19+,22+,23-,24-/m0/s1. The van der Waals surface area contributed by atoms with Gasteiger partial charge in [0.25, 0.3) is 0 Å². The molecule has 0 spiro atoms. The molecular weight excluding hydrogens is 368 g/mol. The summed E-state index contributed by atoms with van der Waals surface area (Å²) in [6.07, 6.45) is 8.37. The minimum absolute atomic E-state index is 0.0833. The molecule has 0 aromatic rings. The molecule has 0 aliphatic heterocycles. The highest BCUT2D eigenvalue weighted by atomic mass is 16.5. The van der Waals surface area contributed by atoms with Crippen molar-refractivity contribution in [2.75, 3.05) is 6.61 Å². The lowest BCUT2D eigenvalue weighted by molar-refractivity contribution is -0.162. The van der Waals surface area contributed by atoms with Crippen LogP contribution >= 0.6 is 0 Å². The van der Waals surface area contributed by atoms with Crippen molar-refractivity contribution in [3.8, 4) is 0 Å². The maximum Gasteiger partial charge on any atom is 0.303 e. The number of ether oxygens (including phenoxy) is 1. The number of carbonyl (C=O) groups is 3. The van der Waals surface area contributed by atoms with Gasteiger partial charge in [0.1, 0.15) is 5.60 Å². The quantitative estimate of drug-likeness (QED) is 0.579. The third-order valence-corrected chi connectivity index (χ3v) is 8.68. The van der Waals surface area contributed by atoms with Crippen LogP contribution in [0.15, 0.2) is 23.3 Å². The Morgan fingerprint density at radius 3 is 2.66 bits per heavy atom. The van der Waals surface area contributed by atoms with E-state index in [-0.39, 0.29) is 29.5 Å². The predicted octanol–water partition coefficient (Wildman–Crippen LogP) is 3.55. The zero-order valence-corrected chi connectivity index (χ0v) is 17.9. The van der Waals surface area contributed by atoms with Crippen LogP contribution in [0.4, 0.5) is 0 Å². The molecule has 0 bridgehead atoms. The van der Waals surface area contributed by atoms with Gasteiger partial charge in [0.05, 0.1) is 0 Å². The molecule has 4 aliphatic rings. The van der Waals surface area contributed by atoms with Gasteiger partial charge in [0, 0.05) is 24.2 Å². The van der Waals surface area contributed by atoms with Gasteiger partial charge in [-0.3, -0.25) is 14.4 Å². The van der Waals surface area contributed by atoms with Crippen LogP contribution in [0.2, 0.25) is 0 Å². The number of hydrogen-bond donors (Lipinski definition) is 1. The highest BCUT2D eigenvalue weighted by Crippen LogP contribution is 2.66. The van der Waals surface area contributed by atoms with E-state index in [0.717, 1.165) is 19.3 Å². The number of aliphatic hydroxyl groups is 1. The monoisotopic (exact) mass is 400 g/mol. The summed E-state index contributed by atoms with van der Waals surface area (Å²) in [6, 6.07) is 0. The fourth-order valence-electron chi connectivity index (χ4n) is 7.03. The summed E-state index contributed by atoms with van der Waals surface area (Å²) >= 11 is 0. The third-order valence-electron chi connectivity index (χ3n) is 8.68. The zero-order valence-electron chi connectivity index (χ0n) is 17.9. The minimum atomic E-state index is -1.46. The van der Waals surface area contributed by atoms with E-state index in [2.05, 4.69) is 19.9 Å². The molecule has 0 aromatic heterocycles. The number of hydrogen-bond acceptors (Lipinski definition) is 5. The summed E-state index contributed by atoms with van der Waals surface area (Å²) < 4.78 is 4.92. The molecule has 4 aliphatic carbocycles. The molecular formula is C24H32O5. The lowest BCUT2D eigenvalue weighted by atomic mass is 9.49. The summed E-state index contributed by atoms with van der Waals surface area (Å²) in [6.45, 7) is 7.43. The molecule has 0 heterocycles. The van der Waals surface area contributed by atoms with Crippen molar-refractivity contribution in [3.05, 3.63) is 23.3 Å². The molecule has 5 nitrogen and oxygen atoms in total. The molecule has 0 radical (unpaired) electrons. The van der Waals surface area contributed by atoms with Gasteiger partial charge in [-0.2, -0.15) is 0 Å². The first-order chi connectivity index (χ1) is 13.5. The molecule has 6 atom stereocenters. The topological polar surface area (TPSA) is 80.7 Å². The van der Waals surface area contributed by atoms with Crippen LogP contribution in [0.1, 0.15) is 66.2 Å². The predicted molar refractivity (Wildman–Crippen MR) is 108 cm³/mol. The van der Waals surface area contributed by atoms with E-state index in [1.165, 1.54) is 18.1 Å². The lowest BCUT2D eigenvalue weighted by Crippen LogP contribution is -2.56. The second-order valence-corrected chi connectivity index (χ2v) is 10.1. The van der Waals surface area contributed by atoms with Crippen LogP contribution in [-0.2, 0) is 19.1 Å². The normalized spacial score (nSPS) is 43.5. The van der Waals surface area contributed by atoms with Crippen molar-refractivity contribution in [3.63, 3.8) is 0 Å². The van der Waals surface area contributed by atoms with Crippen LogP contribution in [-0.4, -0.2) is 34.9 Å². The molecule has 0 unspecified atom stereocenters. The molecule has 2 saturated carbocycles. The summed E-state index contributed by atoms with van der Waals surface area (Å²) in [5, 5.41) is 11.5. The molecule has 1 N–H and O–H groups in total. The lowest BCUT2D eigenvalue weighted by Gasteiger charge is -2.56. The zero-order chi connectivity index (χ0) is 21.2. The molecule has 0 amide bonds. The number of carbonyl (C=O) groups excluding carboxylic acids is 3. The molecule has 5 heteroatoms. The Bertz CT molecular complexity index is 838. The Balaban J connectivity index is 1.70. The van der Waals surface area contributed by atoms with Crippen molar-refractivity contribution in [1.82, 2.24) is 0 Å². The molecule has 0 saturated heterocycles. The average Bonchev–Trinajstić information content (AvgIpc) is 2.94. The SMILES string of the molecule is CC(=O)OCC(=O)[C@@]1(O)CC[C@@H]2[C@@H]3C[C@H](C)C4=CC(=O)CC[C@]4(C)C3=CC[C@@]21C. The maximum absolute atomic E-state index is 12.9. The van der Waals surface area contributed by atoms with Crippen LogP contribution in [0.25, 0.3) is 0 Å². The van der Waals surface area contributed by atoms with Gasteiger partial charge in [-0.05, 0) is 55.9 Å². The summed E-state index contributed by atoms with van der Waals surface area (Å²) in [7, 11) is 0. The Morgan fingerprint density at radius 2 is 1.97 bits per heavy atom. The fourth-order valence-corrected chi connectivity index (χ4v) is 7.03. The van der Waals surface area contributed by atoms with Crippen molar-refractivity contribution in [2.24, 2.45) is 28.6 Å². The first-order valence-electron chi connectivity index (χ1n) is 10.9. The van der Waals surface area contributed by atoms with E-state index < -0.39 is 17.0 Å². The van der Waals surface area contributed by atoms with E-state index in [1.807, 2.05) is 13.0 Å². The summed E-state index contributed by atoms with van der Waals surface area (Å²) in [5.41, 5.74) is 0.575. The molecule has 4 rings (SSSR count). The molecule has 29 heavy (non-hydrogen) atoms. The second kappa shape index (κ2) is 6.63.